The molecule has 2 bridgehead atoms. The second kappa shape index (κ2) is 4.72. The van der Waals surface area contributed by atoms with E-state index in [1.54, 1.807) is 23.5 Å². The number of nitrogens with zero attached hydrogens (tertiary/aromatic N) is 2. The van der Waals surface area contributed by atoms with Gasteiger partial charge in [0, 0.05) is 30.0 Å². The molecule has 3 fully saturated rings. The molecule has 3 nitrogen and oxygen atoms in total. The summed E-state index contributed by atoms with van der Waals surface area (Å²) >= 11 is 0. The Hall–Kier alpha value is -1.64. The third kappa shape index (κ3) is 1.88. The van der Waals surface area contributed by atoms with Crippen LogP contribution < -0.4 is 0 Å². The minimum absolute atomic E-state index is 0.206. The molecule has 1 aromatic heterocycles. The Morgan fingerprint density at radius 3 is 2.25 bits per heavy atom. The van der Waals surface area contributed by atoms with Gasteiger partial charge in [-0.25, -0.2) is 0 Å². The summed E-state index contributed by atoms with van der Waals surface area (Å²) in [5.74, 6) is 0.206. The Labute approximate surface area is 119 Å². The summed E-state index contributed by atoms with van der Waals surface area (Å²) in [6.07, 6.45) is 12.0. The van der Waals surface area contributed by atoms with Gasteiger partial charge >= 0.3 is 0 Å². The summed E-state index contributed by atoms with van der Waals surface area (Å²) in [4.78, 5) is 18.9. The lowest BCUT2D eigenvalue weighted by Gasteiger charge is -2.38. The Morgan fingerprint density at radius 2 is 1.70 bits per heavy atom. The number of allylic oxidation sites excluding steroid dienone is 1. The van der Waals surface area contributed by atoms with Gasteiger partial charge in [0.15, 0.2) is 0 Å². The van der Waals surface area contributed by atoms with Crippen LogP contribution in [0.15, 0.2) is 35.7 Å². The van der Waals surface area contributed by atoms with Crippen LogP contribution in [0.3, 0.4) is 0 Å². The first-order valence-corrected chi connectivity index (χ1v) is 7.75. The number of carbonyl (C=O) groups excluding carboxylic acids is 1. The molecule has 1 aromatic rings. The lowest BCUT2D eigenvalue weighted by Crippen LogP contribution is -2.45. The Kier molecular flexibility index (Phi) is 2.86. The van der Waals surface area contributed by atoms with Gasteiger partial charge in [0.1, 0.15) is 0 Å². The van der Waals surface area contributed by atoms with E-state index in [0.29, 0.717) is 12.1 Å². The predicted octanol–water partition coefficient (Wildman–Crippen LogP) is 3.33. The third-order valence-electron chi connectivity index (χ3n) is 5.20. The van der Waals surface area contributed by atoms with Gasteiger partial charge in [0.25, 0.3) is 5.91 Å². The minimum Gasteiger partial charge on any atom is -0.332 e. The van der Waals surface area contributed by atoms with Crippen molar-refractivity contribution in [2.45, 2.75) is 57.0 Å². The monoisotopic (exact) mass is 268 g/mol. The van der Waals surface area contributed by atoms with Crippen LogP contribution >= 0.6 is 0 Å². The van der Waals surface area contributed by atoms with Crippen molar-refractivity contribution in [3.8, 4) is 0 Å². The van der Waals surface area contributed by atoms with Crippen LogP contribution in [-0.2, 0) is 0 Å². The highest BCUT2D eigenvalue weighted by Crippen LogP contribution is 2.43. The van der Waals surface area contributed by atoms with Gasteiger partial charge < -0.3 is 4.90 Å². The summed E-state index contributed by atoms with van der Waals surface area (Å²) in [5, 5.41) is 0. The third-order valence-corrected chi connectivity index (χ3v) is 5.20. The molecular weight excluding hydrogens is 248 g/mol. The second-order valence-electron chi connectivity index (χ2n) is 6.30. The number of hydrogen-bond acceptors (Lipinski definition) is 2. The fraction of sp³-hybridized carbons (Fsp3) is 0.529. The first kappa shape index (κ1) is 12.1. The van der Waals surface area contributed by atoms with E-state index in [4.69, 9.17) is 0 Å². The lowest BCUT2D eigenvalue weighted by atomic mass is 9.82. The SMILES string of the molecule is O=C(c1ccncc1)N1C2CCC1CC(=C1CCC1)C2. The highest BCUT2D eigenvalue weighted by molar-refractivity contribution is 5.94. The number of fused-ring (bicyclic) bond motifs is 2. The van der Waals surface area contributed by atoms with Crippen molar-refractivity contribution in [1.82, 2.24) is 9.88 Å². The molecule has 0 N–H and O–H groups in total. The van der Waals surface area contributed by atoms with Crippen molar-refractivity contribution in [3.05, 3.63) is 41.2 Å². The predicted molar refractivity (Wildman–Crippen MR) is 77.3 cm³/mol. The molecule has 3 heteroatoms. The van der Waals surface area contributed by atoms with Gasteiger partial charge in [0.2, 0.25) is 0 Å². The zero-order valence-electron chi connectivity index (χ0n) is 11.7. The molecule has 0 radical (unpaired) electrons. The van der Waals surface area contributed by atoms with Gasteiger partial charge in [-0.3, -0.25) is 9.78 Å². The molecule has 1 aliphatic carbocycles. The average molecular weight is 268 g/mol. The summed E-state index contributed by atoms with van der Waals surface area (Å²) in [7, 11) is 0. The highest BCUT2D eigenvalue weighted by atomic mass is 16.2. The van der Waals surface area contributed by atoms with Gasteiger partial charge in [-0.2, -0.15) is 0 Å². The van der Waals surface area contributed by atoms with E-state index in [2.05, 4.69) is 9.88 Å². The van der Waals surface area contributed by atoms with Crippen LogP contribution in [0.2, 0.25) is 0 Å². The Morgan fingerprint density at radius 1 is 1.05 bits per heavy atom. The molecule has 104 valence electrons. The maximum atomic E-state index is 12.7. The van der Waals surface area contributed by atoms with Crippen molar-refractivity contribution in [2.24, 2.45) is 0 Å². The van der Waals surface area contributed by atoms with Crippen LogP contribution in [0.4, 0.5) is 0 Å². The highest BCUT2D eigenvalue weighted by Gasteiger charge is 2.42. The van der Waals surface area contributed by atoms with Gasteiger partial charge in [0.05, 0.1) is 0 Å². The van der Waals surface area contributed by atoms with Gasteiger partial charge in [-0.05, 0) is 57.1 Å². The molecule has 1 saturated carbocycles. The van der Waals surface area contributed by atoms with Crippen molar-refractivity contribution in [1.29, 1.82) is 0 Å². The molecule has 4 rings (SSSR count). The minimum atomic E-state index is 0.206. The Balaban J connectivity index is 1.58. The zero-order valence-corrected chi connectivity index (χ0v) is 11.7. The fourth-order valence-corrected chi connectivity index (χ4v) is 3.99. The maximum Gasteiger partial charge on any atom is 0.254 e. The molecular formula is C17H20N2O. The summed E-state index contributed by atoms with van der Waals surface area (Å²) in [6, 6.07) is 4.55. The fourth-order valence-electron chi connectivity index (χ4n) is 3.99. The van der Waals surface area contributed by atoms with Gasteiger partial charge in [-0.1, -0.05) is 11.1 Å². The topological polar surface area (TPSA) is 33.2 Å². The molecule has 3 heterocycles. The first-order valence-electron chi connectivity index (χ1n) is 7.75. The molecule has 0 aromatic carbocycles. The van der Waals surface area contributed by atoms with Crippen LogP contribution in [0, 0.1) is 0 Å². The molecule has 3 aliphatic rings. The molecule has 1 amide bonds. The van der Waals surface area contributed by atoms with E-state index in [1.807, 2.05) is 12.1 Å². The standard InChI is InChI=1S/C17H20N2O/c20-17(13-6-8-18-9-7-13)19-15-4-5-16(19)11-14(10-15)12-2-1-3-12/h6-9,15-16H,1-5,10-11H2. The van der Waals surface area contributed by atoms with Crippen LogP contribution in [0.1, 0.15) is 55.3 Å². The number of pyridine rings is 1. The van der Waals surface area contributed by atoms with Crippen molar-refractivity contribution >= 4 is 5.91 Å². The Bertz CT molecular complexity index is 542. The number of carbonyl (C=O) groups is 1. The second-order valence-corrected chi connectivity index (χ2v) is 6.30. The van der Waals surface area contributed by atoms with Crippen molar-refractivity contribution in [2.75, 3.05) is 0 Å². The van der Waals surface area contributed by atoms with Crippen LogP contribution in [0.25, 0.3) is 0 Å². The molecule has 2 atom stereocenters. The van der Waals surface area contributed by atoms with E-state index >= 15 is 0 Å². The molecule has 20 heavy (non-hydrogen) atoms. The van der Waals surface area contributed by atoms with E-state index in [-0.39, 0.29) is 5.91 Å². The quantitative estimate of drug-likeness (QED) is 0.732. The van der Waals surface area contributed by atoms with E-state index in [1.165, 1.54) is 32.1 Å². The number of aromatic nitrogens is 1. The number of rotatable bonds is 1. The average Bonchev–Trinajstić information content (AvgIpc) is 2.68. The number of piperidine rings is 1. The maximum absolute atomic E-state index is 12.7. The summed E-state index contributed by atoms with van der Waals surface area (Å²) < 4.78 is 0. The normalized spacial score (nSPS) is 28.5. The molecule has 2 saturated heterocycles. The van der Waals surface area contributed by atoms with Crippen LogP contribution in [0.5, 0.6) is 0 Å². The number of hydrogen-bond donors (Lipinski definition) is 0. The summed E-state index contributed by atoms with van der Waals surface area (Å²) in [5.41, 5.74) is 4.18. The van der Waals surface area contributed by atoms with E-state index in [9.17, 15) is 4.79 Å². The summed E-state index contributed by atoms with van der Waals surface area (Å²) in [6.45, 7) is 0. The number of amides is 1. The van der Waals surface area contributed by atoms with Crippen molar-refractivity contribution in [3.63, 3.8) is 0 Å². The van der Waals surface area contributed by atoms with Gasteiger partial charge in [-0.15, -0.1) is 0 Å². The van der Waals surface area contributed by atoms with E-state index < -0.39 is 0 Å². The lowest BCUT2D eigenvalue weighted by molar-refractivity contribution is 0.0632. The zero-order chi connectivity index (χ0) is 13.5. The van der Waals surface area contributed by atoms with Crippen molar-refractivity contribution < 1.29 is 4.79 Å². The van der Waals surface area contributed by atoms with E-state index in [0.717, 1.165) is 18.4 Å². The smallest absolute Gasteiger partial charge is 0.254 e. The largest absolute Gasteiger partial charge is 0.332 e. The molecule has 2 unspecified atom stereocenters. The first-order chi connectivity index (χ1) is 9.83. The molecule has 0 spiro atoms. The van der Waals surface area contributed by atoms with Crippen LogP contribution in [-0.4, -0.2) is 27.9 Å². The molecule has 2 aliphatic heterocycles.